The molecule has 0 saturated carbocycles. The van der Waals surface area contributed by atoms with Crippen LogP contribution in [0.5, 0.6) is 0 Å². The van der Waals surface area contributed by atoms with Gasteiger partial charge in [0.1, 0.15) is 11.6 Å². The molecule has 0 unspecified atom stereocenters. The van der Waals surface area contributed by atoms with Crippen molar-refractivity contribution in [2.24, 2.45) is 5.73 Å². The van der Waals surface area contributed by atoms with Crippen molar-refractivity contribution in [3.8, 4) is 5.82 Å². The van der Waals surface area contributed by atoms with Crippen LogP contribution in [0.4, 0.5) is 0 Å². The summed E-state index contributed by atoms with van der Waals surface area (Å²) in [5.74, 6) is 1.88. The highest BCUT2D eigenvalue weighted by molar-refractivity contribution is 5.36. The molecule has 0 aliphatic carbocycles. The minimum atomic E-state index is -0.0317. The quantitative estimate of drug-likeness (QED) is 0.851. The van der Waals surface area contributed by atoms with Gasteiger partial charge in [0.15, 0.2) is 0 Å². The van der Waals surface area contributed by atoms with Crippen LogP contribution in [0, 0.1) is 0 Å². The maximum atomic E-state index is 5.94. The highest BCUT2D eigenvalue weighted by Gasteiger charge is 2.11. The molecule has 0 spiro atoms. The van der Waals surface area contributed by atoms with E-state index in [1.54, 1.807) is 12.4 Å². The second kappa shape index (κ2) is 4.45. The topological polar surface area (TPSA) is 56.7 Å². The molecule has 4 heteroatoms. The zero-order valence-electron chi connectivity index (χ0n) is 9.59. The Kier molecular flexibility index (Phi) is 3.01. The molecule has 0 aliphatic rings. The van der Waals surface area contributed by atoms with Gasteiger partial charge in [-0.05, 0) is 13.0 Å². The summed E-state index contributed by atoms with van der Waals surface area (Å²) in [6, 6.07) is 3.88. The molecule has 1 atom stereocenters. The minimum absolute atomic E-state index is 0.0317. The normalized spacial score (nSPS) is 12.7. The molecule has 0 aromatic carbocycles. The average Bonchev–Trinajstić information content (AvgIpc) is 2.76. The molecule has 0 amide bonds. The summed E-state index contributed by atoms with van der Waals surface area (Å²) in [5, 5.41) is 0. The molecular weight excluding hydrogens is 200 g/mol. The first-order valence-corrected chi connectivity index (χ1v) is 5.47. The minimum Gasteiger partial charge on any atom is -0.324 e. The van der Waals surface area contributed by atoms with E-state index in [1.807, 2.05) is 29.8 Å². The Morgan fingerprint density at radius 2 is 2.19 bits per heavy atom. The second-order valence-electron chi connectivity index (χ2n) is 3.77. The molecule has 2 aromatic heterocycles. The van der Waals surface area contributed by atoms with Gasteiger partial charge in [-0.25, -0.2) is 9.97 Å². The molecule has 0 bridgehead atoms. The average molecular weight is 216 g/mol. The Morgan fingerprint density at radius 3 is 2.88 bits per heavy atom. The van der Waals surface area contributed by atoms with Crippen molar-refractivity contribution in [1.82, 2.24) is 14.5 Å². The monoisotopic (exact) mass is 216 g/mol. The summed E-state index contributed by atoms with van der Waals surface area (Å²) in [7, 11) is 0. The van der Waals surface area contributed by atoms with Crippen molar-refractivity contribution in [3.05, 3.63) is 42.1 Å². The maximum absolute atomic E-state index is 5.94. The van der Waals surface area contributed by atoms with Crippen molar-refractivity contribution in [2.45, 2.75) is 26.3 Å². The van der Waals surface area contributed by atoms with E-state index in [4.69, 9.17) is 5.73 Å². The molecule has 0 fully saturated rings. The van der Waals surface area contributed by atoms with Crippen LogP contribution in [0.1, 0.15) is 31.3 Å². The number of nitrogens with two attached hydrogens (primary N) is 1. The van der Waals surface area contributed by atoms with Crippen molar-refractivity contribution in [1.29, 1.82) is 0 Å². The lowest BCUT2D eigenvalue weighted by molar-refractivity contribution is 0.776. The second-order valence-corrected chi connectivity index (χ2v) is 3.77. The van der Waals surface area contributed by atoms with E-state index < -0.39 is 0 Å². The summed E-state index contributed by atoms with van der Waals surface area (Å²) >= 11 is 0. The van der Waals surface area contributed by atoms with Gasteiger partial charge in [-0.2, -0.15) is 0 Å². The summed E-state index contributed by atoms with van der Waals surface area (Å²) < 4.78 is 2.00. The van der Waals surface area contributed by atoms with E-state index in [2.05, 4.69) is 16.9 Å². The largest absolute Gasteiger partial charge is 0.324 e. The zero-order chi connectivity index (χ0) is 11.5. The summed E-state index contributed by atoms with van der Waals surface area (Å²) in [6.07, 6.45) is 6.37. The van der Waals surface area contributed by atoms with E-state index in [0.717, 1.165) is 23.6 Å². The Morgan fingerprint density at radius 1 is 1.38 bits per heavy atom. The van der Waals surface area contributed by atoms with Crippen LogP contribution in [-0.4, -0.2) is 14.5 Å². The third-order valence-electron chi connectivity index (χ3n) is 2.57. The molecule has 84 valence electrons. The standard InChI is InChI=1S/C12H16N4/c1-3-11-14-7-8-16(11)12-10(9(2)13)5-4-6-15-12/h4-9H,3,13H2,1-2H3/t9-/m1/s1. The summed E-state index contributed by atoms with van der Waals surface area (Å²) in [4.78, 5) is 8.69. The van der Waals surface area contributed by atoms with Crippen LogP contribution in [0.25, 0.3) is 5.82 Å². The van der Waals surface area contributed by atoms with Crippen molar-refractivity contribution in [3.63, 3.8) is 0 Å². The molecule has 2 N–H and O–H groups in total. The molecule has 2 rings (SSSR count). The maximum Gasteiger partial charge on any atom is 0.142 e. The lowest BCUT2D eigenvalue weighted by Crippen LogP contribution is -2.12. The van der Waals surface area contributed by atoms with Crippen LogP contribution in [-0.2, 0) is 6.42 Å². The fourth-order valence-electron chi connectivity index (χ4n) is 1.75. The van der Waals surface area contributed by atoms with Crippen molar-refractivity contribution in [2.75, 3.05) is 0 Å². The smallest absolute Gasteiger partial charge is 0.142 e. The molecule has 0 saturated heterocycles. The van der Waals surface area contributed by atoms with Gasteiger partial charge in [-0.1, -0.05) is 13.0 Å². The number of imidazole rings is 1. The van der Waals surface area contributed by atoms with Gasteiger partial charge in [0.25, 0.3) is 0 Å². The Labute approximate surface area is 95.1 Å². The van der Waals surface area contributed by atoms with Crippen LogP contribution >= 0.6 is 0 Å². The number of aromatic nitrogens is 3. The molecule has 0 aliphatic heterocycles. The number of pyridine rings is 1. The molecule has 16 heavy (non-hydrogen) atoms. The lowest BCUT2D eigenvalue weighted by atomic mass is 10.1. The van der Waals surface area contributed by atoms with Crippen LogP contribution in [0.15, 0.2) is 30.7 Å². The fourth-order valence-corrected chi connectivity index (χ4v) is 1.75. The van der Waals surface area contributed by atoms with Gasteiger partial charge in [-0.15, -0.1) is 0 Å². The first-order valence-electron chi connectivity index (χ1n) is 5.47. The van der Waals surface area contributed by atoms with Crippen LogP contribution < -0.4 is 5.73 Å². The van der Waals surface area contributed by atoms with E-state index in [-0.39, 0.29) is 6.04 Å². The van der Waals surface area contributed by atoms with E-state index >= 15 is 0 Å². The number of rotatable bonds is 3. The molecule has 2 aromatic rings. The van der Waals surface area contributed by atoms with Crippen molar-refractivity contribution < 1.29 is 0 Å². The molecule has 0 radical (unpaired) electrons. The summed E-state index contributed by atoms with van der Waals surface area (Å²) in [6.45, 7) is 4.04. The zero-order valence-corrected chi connectivity index (χ0v) is 9.59. The first-order chi connectivity index (χ1) is 7.74. The van der Waals surface area contributed by atoms with Crippen LogP contribution in [0.2, 0.25) is 0 Å². The predicted molar refractivity (Wildman–Crippen MR) is 63.3 cm³/mol. The SMILES string of the molecule is CCc1nccn1-c1ncccc1[C@@H](C)N. The van der Waals surface area contributed by atoms with Gasteiger partial charge in [0.2, 0.25) is 0 Å². The van der Waals surface area contributed by atoms with E-state index in [0.29, 0.717) is 0 Å². The highest BCUT2D eigenvalue weighted by atomic mass is 15.1. The van der Waals surface area contributed by atoms with E-state index in [1.165, 1.54) is 0 Å². The van der Waals surface area contributed by atoms with Crippen molar-refractivity contribution >= 4 is 0 Å². The lowest BCUT2D eigenvalue weighted by Gasteiger charge is -2.13. The first kappa shape index (κ1) is 10.8. The molecule has 4 nitrogen and oxygen atoms in total. The summed E-state index contributed by atoms with van der Waals surface area (Å²) in [5.41, 5.74) is 6.98. The third kappa shape index (κ3) is 1.84. The molecular formula is C12H16N4. The molecule has 2 heterocycles. The predicted octanol–water partition coefficient (Wildman–Crippen LogP) is 1.85. The number of nitrogens with zero attached hydrogens (tertiary/aromatic N) is 3. The van der Waals surface area contributed by atoms with Gasteiger partial charge in [0, 0.05) is 36.6 Å². The number of aryl methyl sites for hydroxylation is 1. The third-order valence-corrected chi connectivity index (χ3v) is 2.57. The van der Waals surface area contributed by atoms with Gasteiger partial charge >= 0.3 is 0 Å². The van der Waals surface area contributed by atoms with Crippen LogP contribution in [0.3, 0.4) is 0 Å². The van der Waals surface area contributed by atoms with Gasteiger partial charge in [-0.3, -0.25) is 4.57 Å². The fraction of sp³-hybridized carbons (Fsp3) is 0.333. The van der Waals surface area contributed by atoms with Gasteiger partial charge in [0.05, 0.1) is 0 Å². The Hall–Kier alpha value is -1.68. The Balaban J connectivity index is 2.55. The Bertz CT molecular complexity index is 473. The van der Waals surface area contributed by atoms with Gasteiger partial charge < -0.3 is 5.73 Å². The number of hydrogen-bond donors (Lipinski definition) is 1. The highest BCUT2D eigenvalue weighted by Crippen LogP contribution is 2.18. The number of hydrogen-bond acceptors (Lipinski definition) is 3. The van der Waals surface area contributed by atoms with E-state index in [9.17, 15) is 0 Å².